The molecule has 2 aromatic heterocycles. The van der Waals surface area contributed by atoms with Crippen molar-refractivity contribution < 1.29 is 0 Å². The molecule has 2 heterocycles. The molecule has 1 N–H and O–H groups in total. The minimum atomic E-state index is 0.937. The van der Waals surface area contributed by atoms with E-state index >= 15 is 0 Å². The van der Waals surface area contributed by atoms with Crippen molar-refractivity contribution in [1.82, 2.24) is 14.7 Å². The highest BCUT2D eigenvalue weighted by molar-refractivity contribution is 7.15. The van der Waals surface area contributed by atoms with Gasteiger partial charge < -0.3 is 5.32 Å². The van der Waals surface area contributed by atoms with Crippen molar-refractivity contribution in [2.24, 2.45) is 0 Å². The van der Waals surface area contributed by atoms with Gasteiger partial charge in [-0.15, -0.1) is 11.3 Å². The second kappa shape index (κ2) is 5.02. The molecule has 0 aliphatic carbocycles. The van der Waals surface area contributed by atoms with Crippen molar-refractivity contribution in [2.75, 3.05) is 13.1 Å². The number of thiazole rings is 1. The van der Waals surface area contributed by atoms with Crippen molar-refractivity contribution >= 4 is 22.4 Å². The maximum absolute atomic E-state index is 4.58. The molecule has 0 aromatic carbocycles. The summed E-state index contributed by atoms with van der Waals surface area (Å²) in [7, 11) is 0. The molecule has 0 spiro atoms. The van der Waals surface area contributed by atoms with E-state index in [4.69, 9.17) is 0 Å². The van der Waals surface area contributed by atoms with Gasteiger partial charge in [0.25, 0.3) is 0 Å². The SMILES string of the molecule is CCNCC(C)=Cc1c(C)nc2scc(C)n12. The fourth-order valence-corrected chi connectivity index (χ4v) is 2.82. The number of aryl methyl sites for hydroxylation is 2. The Bertz CT molecular complexity index is 548. The van der Waals surface area contributed by atoms with E-state index in [-0.39, 0.29) is 0 Å². The first-order valence-corrected chi connectivity index (χ1v) is 6.82. The molecule has 17 heavy (non-hydrogen) atoms. The lowest BCUT2D eigenvalue weighted by molar-refractivity contribution is 0.778. The Morgan fingerprint density at radius 1 is 1.53 bits per heavy atom. The standard InChI is InChI=1S/C13H19N3S/c1-5-14-7-9(2)6-12-11(4)15-13-16(12)10(3)8-17-13/h6,8,14H,5,7H2,1-4H3. The Hall–Kier alpha value is -1.13. The first-order valence-electron chi connectivity index (χ1n) is 5.94. The van der Waals surface area contributed by atoms with E-state index < -0.39 is 0 Å². The van der Waals surface area contributed by atoms with E-state index in [1.807, 2.05) is 0 Å². The second-order valence-corrected chi connectivity index (χ2v) is 5.19. The molecule has 0 radical (unpaired) electrons. The van der Waals surface area contributed by atoms with E-state index in [0.29, 0.717) is 0 Å². The number of hydrogen-bond donors (Lipinski definition) is 1. The van der Waals surface area contributed by atoms with Gasteiger partial charge >= 0.3 is 0 Å². The van der Waals surface area contributed by atoms with Crippen LogP contribution in [0.5, 0.6) is 0 Å². The van der Waals surface area contributed by atoms with Gasteiger partial charge in [-0.1, -0.05) is 12.5 Å². The first-order chi connectivity index (χ1) is 8.13. The third-order valence-electron chi connectivity index (χ3n) is 2.79. The number of aromatic nitrogens is 2. The highest BCUT2D eigenvalue weighted by Crippen LogP contribution is 2.22. The van der Waals surface area contributed by atoms with Crippen molar-refractivity contribution in [3.63, 3.8) is 0 Å². The number of fused-ring (bicyclic) bond motifs is 1. The topological polar surface area (TPSA) is 29.3 Å². The molecule has 3 nitrogen and oxygen atoms in total. The predicted octanol–water partition coefficient (Wildman–Crippen LogP) is 3.03. The summed E-state index contributed by atoms with van der Waals surface area (Å²) < 4.78 is 2.23. The van der Waals surface area contributed by atoms with E-state index in [2.05, 4.69) is 53.9 Å². The molecule has 2 rings (SSSR count). The van der Waals surface area contributed by atoms with Crippen LogP contribution in [0.2, 0.25) is 0 Å². The third-order valence-corrected chi connectivity index (χ3v) is 3.73. The van der Waals surface area contributed by atoms with Crippen LogP contribution in [-0.4, -0.2) is 22.5 Å². The summed E-state index contributed by atoms with van der Waals surface area (Å²) in [6.07, 6.45) is 2.23. The summed E-state index contributed by atoms with van der Waals surface area (Å²) in [5.74, 6) is 0. The molecular formula is C13H19N3S. The van der Waals surface area contributed by atoms with Crippen LogP contribution in [0.15, 0.2) is 11.0 Å². The zero-order valence-corrected chi connectivity index (χ0v) is 11.7. The van der Waals surface area contributed by atoms with Crippen LogP contribution in [0.1, 0.15) is 30.9 Å². The third kappa shape index (κ3) is 2.42. The average Bonchev–Trinajstić information content (AvgIpc) is 2.78. The normalized spacial score (nSPS) is 12.6. The van der Waals surface area contributed by atoms with Gasteiger partial charge in [-0.25, -0.2) is 4.98 Å². The highest BCUT2D eigenvalue weighted by atomic mass is 32.1. The van der Waals surface area contributed by atoms with Crippen LogP contribution < -0.4 is 5.32 Å². The molecule has 92 valence electrons. The minimum absolute atomic E-state index is 0.937. The van der Waals surface area contributed by atoms with Crippen molar-refractivity contribution in [3.05, 3.63) is 28.0 Å². The summed E-state index contributed by atoms with van der Waals surface area (Å²) in [5.41, 5.74) is 4.92. The molecule has 0 unspecified atom stereocenters. The van der Waals surface area contributed by atoms with Crippen LogP contribution in [-0.2, 0) is 0 Å². The van der Waals surface area contributed by atoms with Gasteiger partial charge in [-0.2, -0.15) is 0 Å². The van der Waals surface area contributed by atoms with Crippen LogP contribution in [0.25, 0.3) is 11.0 Å². The number of nitrogens with zero attached hydrogens (tertiary/aromatic N) is 2. The summed E-state index contributed by atoms with van der Waals surface area (Å²) in [6.45, 7) is 10.4. The van der Waals surface area contributed by atoms with Gasteiger partial charge in [-0.05, 0) is 33.4 Å². The van der Waals surface area contributed by atoms with Gasteiger partial charge in [0, 0.05) is 17.6 Å². The van der Waals surface area contributed by atoms with Gasteiger partial charge in [0.1, 0.15) is 0 Å². The van der Waals surface area contributed by atoms with Crippen LogP contribution in [0.4, 0.5) is 0 Å². The maximum Gasteiger partial charge on any atom is 0.194 e. The molecule has 0 aliphatic heterocycles. The number of hydrogen-bond acceptors (Lipinski definition) is 3. The summed E-state index contributed by atoms with van der Waals surface area (Å²) in [4.78, 5) is 5.67. The second-order valence-electron chi connectivity index (χ2n) is 4.35. The summed E-state index contributed by atoms with van der Waals surface area (Å²) in [5, 5.41) is 5.49. The lowest BCUT2D eigenvalue weighted by atomic mass is 10.2. The number of nitrogens with one attached hydrogen (secondary N) is 1. The number of rotatable bonds is 4. The van der Waals surface area contributed by atoms with E-state index in [1.165, 1.54) is 17.0 Å². The Kier molecular flexibility index (Phi) is 3.64. The van der Waals surface area contributed by atoms with E-state index in [1.54, 1.807) is 11.3 Å². The molecule has 0 atom stereocenters. The predicted molar refractivity (Wildman–Crippen MR) is 74.7 cm³/mol. The molecule has 2 aromatic rings. The molecule has 0 saturated heterocycles. The quantitative estimate of drug-likeness (QED) is 0.902. The fraction of sp³-hybridized carbons (Fsp3) is 0.462. The largest absolute Gasteiger partial charge is 0.313 e. The minimum Gasteiger partial charge on any atom is -0.313 e. The molecule has 0 amide bonds. The fourth-order valence-electron chi connectivity index (χ4n) is 1.90. The molecule has 0 aliphatic rings. The monoisotopic (exact) mass is 249 g/mol. The van der Waals surface area contributed by atoms with E-state index in [9.17, 15) is 0 Å². The average molecular weight is 249 g/mol. The molecule has 0 bridgehead atoms. The Labute approximate surface area is 106 Å². The van der Waals surface area contributed by atoms with Crippen molar-refractivity contribution in [2.45, 2.75) is 27.7 Å². The van der Waals surface area contributed by atoms with Crippen LogP contribution >= 0.6 is 11.3 Å². The summed E-state index contributed by atoms with van der Waals surface area (Å²) >= 11 is 1.70. The van der Waals surface area contributed by atoms with E-state index in [0.717, 1.165) is 23.7 Å². The van der Waals surface area contributed by atoms with Gasteiger partial charge in [-0.3, -0.25) is 4.40 Å². The lowest BCUT2D eigenvalue weighted by Crippen LogP contribution is -2.14. The summed E-state index contributed by atoms with van der Waals surface area (Å²) in [6, 6.07) is 0. The zero-order valence-electron chi connectivity index (χ0n) is 10.9. The molecular weight excluding hydrogens is 230 g/mol. The van der Waals surface area contributed by atoms with Gasteiger partial charge in [0.2, 0.25) is 0 Å². The van der Waals surface area contributed by atoms with Crippen LogP contribution in [0, 0.1) is 13.8 Å². The highest BCUT2D eigenvalue weighted by Gasteiger charge is 2.10. The van der Waals surface area contributed by atoms with Crippen LogP contribution in [0.3, 0.4) is 0 Å². The van der Waals surface area contributed by atoms with Crippen molar-refractivity contribution in [3.8, 4) is 0 Å². The molecule has 4 heteroatoms. The maximum atomic E-state index is 4.58. The Balaban J connectivity index is 2.40. The first kappa shape index (κ1) is 12.3. The smallest absolute Gasteiger partial charge is 0.194 e. The molecule has 0 fully saturated rings. The van der Waals surface area contributed by atoms with Gasteiger partial charge in [0.05, 0.1) is 11.4 Å². The zero-order chi connectivity index (χ0) is 12.4. The number of imidazole rings is 1. The Morgan fingerprint density at radius 3 is 3.00 bits per heavy atom. The Morgan fingerprint density at radius 2 is 2.29 bits per heavy atom. The number of likely N-dealkylation sites (N-methyl/N-ethyl adjacent to an activating group) is 1. The lowest BCUT2D eigenvalue weighted by Gasteiger charge is -2.03. The van der Waals surface area contributed by atoms with Gasteiger partial charge in [0.15, 0.2) is 4.96 Å². The van der Waals surface area contributed by atoms with Crippen molar-refractivity contribution in [1.29, 1.82) is 0 Å². The molecule has 0 saturated carbocycles.